The molecular formula is C25H35N3O4S. The van der Waals surface area contributed by atoms with Gasteiger partial charge in [-0.25, -0.2) is 8.42 Å². The summed E-state index contributed by atoms with van der Waals surface area (Å²) >= 11 is 0. The monoisotopic (exact) mass is 473 g/mol. The molecular weight excluding hydrogens is 438 g/mol. The van der Waals surface area contributed by atoms with E-state index in [1.807, 2.05) is 64.1 Å². The molecule has 0 saturated carbocycles. The van der Waals surface area contributed by atoms with Gasteiger partial charge in [-0.05, 0) is 51.3 Å². The molecule has 0 aliphatic rings. The Bertz CT molecular complexity index is 1080. The predicted molar refractivity (Wildman–Crippen MR) is 132 cm³/mol. The molecule has 2 aromatic rings. The van der Waals surface area contributed by atoms with Crippen molar-refractivity contribution in [2.45, 2.75) is 59.7 Å². The fourth-order valence-electron chi connectivity index (χ4n) is 3.64. The molecule has 180 valence electrons. The van der Waals surface area contributed by atoms with Crippen molar-refractivity contribution in [1.82, 2.24) is 10.2 Å². The fourth-order valence-corrected chi connectivity index (χ4v) is 4.52. The summed E-state index contributed by atoms with van der Waals surface area (Å²) in [5, 5.41) is 2.84. The Morgan fingerprint density at radius 1 is 1.03 bits per heavy atom. The van der Waals surface area contributed by atoms with E-state index < -0.39 is 22.0 Å². The molecule has 0 unspecified atom stereocenters. The molecule has 0 heterocycles. The molecule has 0 aliphatic carbocycles. The molecule has 0 aromatic heterocycles. The van der Waals surface area contributed by atoms with Crippen LogP contribution in [0.25, 0.3) is 0 Å². The van der Waals surface area contributed by atoms with Gasteiger partial charge in [-0.2, -0.15) is 0 Å². The van der Waals surface area contributed by atoms with E-state index in [-0.39, 0.29) is 25.0 Å². The lowest BCUT2D eigenvalue weighted by Crippen LogP contribution is -2.52. The molecule has 1 N–H and O–H groups in total. The van der Waals surface area contributed by atoms with Gasteiger partial charge in [0, 0.05) is 12.6 Å². The number of carbonyl (C=O) groups excluding carboxylic acids is 2. The van der Waals surface area contributed by atoms with E-state index in [0.717, 1.165) is 27.3 Å². The highest BCUT2D eigenvalue weighted by molar-refractivity contribution is 7.92. The predicted octanol–water partition coefficient (Wildman–Crippen LogP) is 3.27. The lowest BCUT2D eigenvalue weighted by Gasteiger charge is -2.32. The molecule has 8 heteroatoms. The van der Waals surface area contributed by atoms with Crippen LogP contribution in [-0.2, 0) is 32.6 Å². The average molecular weight is 474 g/mol. The van der Waals surface area contributed by atoms with Crippen LogP contribution in [0.2, 0.25) is 0 Å². The first-order chi connectivity index (χ1) is 15.4. The lowest BCUT2D eigenvalue weighted by atomic mass is 10.1. The first-order valence-electron chi connectivity index (χ1n) is 11.1. The Morgan fingerprint density at radius 3 is 2.27 bits per heavy atom. The SMILES string of the molecule is CCc1ccccc1N(CC(=O)N(Cc1cccc(C)c1)[C@H](C)C(=O)NC(C)C)S(C)(=O)=O. The summed E-state index contributed by atoms with van der Waals surface area (Å²) in [5.41, 5.74) is 3.21. The zero-order valence-electron chi connectivity index (χ0n) is 20.3. The van der Waals surface area contributed by atoms with Crippen LogP contribution in [0, 0.1) is 6.92 Å². The lowest BCUT2D eigenvalue weighted by molar-refractivity contribution is -0.139. The van der Waals surface area contributed by atoms with Crippen LogP contribution in [-0.4, -0.2) is 50.0 Å². The molecule has 2 rings (SSSR count). The molecule has 2 amide bonds. The van der Waals surface area contributed by atoms with E-state index in [1.54, 1.807) is 19.1 Å². The molecule has 0 saturated heterocycles. The summed E-state index contributed by atoms with van der Waals surface area (Å²) in [7, 11) is -3.74. The van der Waals surface area contributed by atoms with Gasteiger partial charge < -0.3 is 10.2 Å². The van der Waals surface area contributed by atoms with Crippen LogP contribution >= 0.6 is 0 Å². The molecule has 7 nitrogen and oxygen atoms in total. The minimum atomic E-state index is -3.74. The van der Waals surface area contributed by atoms with Crippen LogP contribution in [0.3, 0.4) is 0 Å². The van der Waals surface area contributed by atoms with Gasteiger partial charge in [0.25, 0.3) is 0 Å². The maximum absolute atomic E-state index is 13.5. The van der Waals surface area contributed by atoms with Gasteiger partial charge >= 0.3 is 0 Å². The number of sulfonamides is 1. The zero-order valence-corrected chi connectivity index (χ0v) is 21.1. The van der Waals surface area contributed by atoms with E-state index in [9.17, 15) is 18.0 Å². The zero-order chi connectivity index (χ0) is 24.8. The Morgan fingerprint density at radius 2 is 1.70 bits per heavy atom. The quantitative estimate of drug-likeness (QED) is 0.574. The van der Waals surface area contributed by atoms with Crippen LogP contribution in [0.5, 0.6) is 0 Å². The third-order valence-electron chi connectivity index (χ3n) is 5.35. The van der Waals surface area contributed by atoms with Crippen LogP contribution in [0.1, 0.15) is 44.4 Å². The topological polar surface area (TPSA) is 86.8 Å². The number of anilines is 1. The van der Waals surface area contributed by atoms with Crippen molar-refractivity contribution in [2.24, 2.45) is 0 Å². The van der Waals surface area contributed by atoms with Crippen molar-refractivity contribution < 1.29 is 18.0 Å². The maximum Gasteiger partial charge on any atom is 0.244 e. The minimum absolute atomic E-state index is 0.0835. The molecule has 0 aliphatic heterocycles. The van der Waals surface area contributed by atoms with Gasteiger partial charge in [-0.1, -0.05) is 55.0 Å². The Hall–Kier alpha value is -2.87. The number of nitrogens with zero attached hydrogens (tertiary/aromatic N) is 2. The normalized spacial score (nSPS) is 12.3. The van der Waals surface area contributed by atoms with E-state index in [4.69, 9.17) is 0 Å². The van der Waals surface area contributed by atoms with Crippen molar-refractivity contribution in [3.05, 3.63) is 65.2 Å². The molecule has 2 aromatic carbocycles. The number of benzene rings is 2. The smallest absolute Gasteiger partial charge is 0.244 e. The van der Waals surface area contributed by atoms with Gasteiger partial charge in [0.05, 0.1) is 11.9 Å². The third kappa shape index (κ3) is 7.32. The molecule has 0 spiro atoms. The molecule has 0 fully saturated rings. The van der Waals surface area contributed by atoms with Crippen molar-refractivity contribution >= 4 is 27.5 Å². The van der Waals surface area contributed by atoms with Crippen LogP contribution in [0.4, 0.5) is 5.69 Å². The van der Waals surface area contributed by atoms with E-state index in [0.29, 0.717) is 12.1 Å². The van der Waals surface area contributed by atoms with E-state index >= 15 is 0 Å². The standard InChI is InChI=1S/C25H35N3O4S/c1-7-22-13-8-9-14-23(22)28(33(6,31)32)17-24(29)27(20(5)25(30)26-18(2)3)16-21-12-10-11-19(4)15-21/h8-15,18,20H,7,16-17H2,1-6H3,(H,26,30)/t20-/m1/s1. The van der Waals surface area contributed by atoms with Crippen molar-refractivity contribution in [3.63, 3.8) is 0 Å². The Labute approximate surface area is 197 Å². The largest absolute Gasteiger partial charge is 0.352 e. The molecule has 33 heavy (non-hydrogen) atoms. The number of amides is 2. The molecule has 0 radical (unpaired) electrons. The van der Waals surface area contributed by atoms with Gasteiger partial charge in [0.15, 0.2) is 0 Å². The summed E-state index contributed by atoms with van der Waals surface area (Å²) < 4.78 is 26.5. The highest BCUT2D eigenvalue weighted by Crippen LogP contribution is 2.24. The number of nitrogens with one attached hydrogen (secondary N) is 1. The summed E-state index contributed by atoms with van der Waals surface area (Å²) in [5.74, 6) is -0.731. The number of rotatable bonds is 10. The van der Waals surface area contributed by atoms with E-state index in [1.165, 1.54) is 4.90 Å². The van der Waals surface area contributed by atoms with Crippen molar-refractivity contribution in [1.29, 1.82) is 0 Å². The second-order valence-electron chi connectivity index (χ2n) is 8.60. The second-order valence-corrected chi connectivity index (χ2v) is 10.5. The highest BCUT2D eigenvalue weighted by Gasteiger charge is 2.30. The van der Waals surface area contributed by atoms with Gasteiger partial charge in [0.2, 0.25) is 21.8 Å². The van der Waals surface area contributed by atoms with Crippen molar-refractivity contribution in [2.75, 3.05) is 17.1 Å². The molecule has 0 bridgehead atoms. The highest BCUT2D eigenvalue weighted by atomic mass is 32.2. The first-order valence-corrected chi connectivity index (χ1v) is 13.0. The number of carbonyl (C=O) groups is 2. The van der Waals surface area contributed by atoms with Gasteiger partial charge in [0.1, 0.15) is 12.6 Å². The number of hydrogen-bond donors (Lipinski definition) is 1. The number of para-hydroxylation sites is 1. The minimum Gasteiger partial charge on any atom is -0.352 e. The summed E-state index contributed by atoms with van der Waals surface area (Å²) in [6.45, 7) is 9.06. The summed E-state index contributed by atoms with van der Waals surface area (Å²) in [6, 6.07) is 14.0. The van der Waals surface area contributed by atoms with Gasteiger partial charge in [-0.3, -0.25) is 13.9 Å². The Kier molecular flexibility index (Phi) is 9.05. The maximum atomic E-state index is 13.5. The van der Waals surface area contributed by atoms with E-state index in [2.05, 4.69) is 5.32 Å². The van der Waals surface area contributed by atoms with Crippen LogP contribution in [0.15, 0.2) is 48.5 Å². The van der Waals surface area contributed by atoms with Crippen LogP contribution < -0.4 is 9.62 Å². The Balaban J connectivity index is 2.43. The second kappa shape index (κ2) is 11.3. The van der Waals surface area contributed by atoms with Gasteiger partial charge in [-0.15, -0.1) is 0 Å². The summed E-state index contributed by atoms with van der Waals surface area (Å²) in [6.07, 6.45) is 1.71. The average Bonchev–Trinajstić information content (AvgIpc) is 2.74. The summed E-state index contributed by atoms with van der Waals surface area (Å²) in [4.78, 5) is 27.8. The third-order valence-corrected chi connectivity index (χ3v) is 6.48. The first kappa shape index (κ1) is 26.4. The number of hydrogen-bond acceptors (Lipinski definition) is 4. The number of aryl methyl sites for hydroxylation is 2. The fraction of sp³-hybridized carbons (Fsp3) is 0.440. The van der Waals surface area contributed by atoms with Crippen molar-refractivity contribution in [3.8, 4) is 0 Å². The molecule has 1 atom stereocenters.